The van der Waals surface area contributed by atoms with E-state index in [0.717, 1.165) is 12.8 Å². The van der Waals surface area contributed by atoms with Crippen LogP contribution in [0.2, 0.25) is 0 Å². The summed E-state index contributed by atoms with van der Waals surface area (Å²) >= 11 is 0. The molecule has 0 bridgehead atoms. The number of rotatable bonds is 9. The fourth-order valence-corrected chi connectivity index (χ4v) is 1.99. The lowest BCUT2D eigenvalue weighted by molar-refractivity contribution is -0.385. The van der Waals surface area contributed by atoms with Gasteiger partial charge in [-0.15, -0.1) is 0 Å². The minimum Gasteiger partial charge on any atom is -0.493 e. The molecule has 0 aliphatic heterocycles. The zero-order valence-electron chi connectivity index (χ0n) is 12.4. The SMILES string of the molecule is CCCCC(CC)COc1ccc([N+](=O)[O-])cc1OC. The first-order chi connectivity index (χ1) is 9.62. The maximum atomic E-state index is 10.7. The number of non-ortho nitro benzene ring substituents is 1. The Hall–Kier alpha value is -1.78. The smallest absolute Gasteiger partial charge is 0.273 e. The van der Waals surface area contributed by atoms with Gasteiger partial charge in [-0.3, -0.25) is 10.1 Å². The van der Waals surface area contributed by atoms with Crippen LogP contribution in [0.25, 0.3) is 0 Å². The number of benzene rings is 1. The molecule has 0 fully saturated rings. The number of nitrogens with zero attached hydrogens (tertiary/aromatic N) is 1. The molecule has 0 aliphatic rings. The lowest BCUT2D eigenvalue weighted by atomic mass is 10.0. The fraction of sp³-hybridized carbons (Fsp3) is 0.600. The first-order valence-electron chi connectivity index (χ1n) is 7.07. The van der Waals surface area contributed by atoms with Crippen molar-refractivity contribution in [2.24, 2.45) is 5.92 Å². The summed E-state index contributed by atoms with van der Waals surface area (Å²) in [7, 11) is 1.49. The Morgan fingerprint density at radius 3 is 2.60 bits per heavy atom. The molecular formula is C15H23NO4. The Labute approximate surface area is 120 Å². The molecular weight excluding hydrogens is 258 g/mol. The van der Waals surface area contributed by atoms with E-state index < -0.39 is 4.92 Å². The highest BCUT2D eigenvalue weighted by Crippen LogP contribution is 2.31. The largest absolute Gasteiger partial charge is 0.493 e. The molecule has 1 aromatic rings. The molecule has 0 saturated heterocycles. The van der Waals surface area contributed by atoms with Crippen molar-refractivity contribution in [3.05, 3.63) is 28.3 Å². The Balaban J connectivity index is 2.69. The van der Waals surface area contributed by atoms with Crippen molar-refractivity contribution in [3.63, 3.8) is 0 Å². The molecule has 1 unspecified atom stereocenters. The zero-order chi connectivity index (χ0) is 15.0. The molecule has 5 nitrogen and oxygen atoms in total. The Morgan fingerprint density at radius 2 is 2.05 bits per heavy atom. The standard InChI is InChI=1S/C15H23NO4/c1-4-6-7-12(5-2)11-20-14-9-8-13(16(17)18)10-15(14)19-3/h8-10,12H,4-7,11H2,1-3H3. The summed E-state index contributed by atoms with van der Waals surface area (Å²) in [4.78, 5) is 10.3. The summed E-state index contributed by atoms with van der Waals surface area (Å²) in [5, 5.41) is 10.7. The fourth-order valence-electron chi connectivity index (χ4n) is 1.99. The maximum Gasteiger partial charge on any atom is 0.273 e. The van der Waals surface area contributed by atoms with E-state index in [2.05, 4.69) is 13.8 Å². The minimum absolute atomic E-state index is 0.00669. The number of nitro benzene ring substituents is 1. The summed E-state index contributed by atoms with van der Waals surface area (Å²) in [6, 6.07) is 4.43. The third-order valence-electron chi connectivity index (χ3n) is 3.38. The summed E-state index contributed by atoms with van der Waals surface area (Å²) in [5.41, 5.74) is 0.00669. The number of hydrogen-bond acceptors (Lipinski definition) is 4. The van der Waals surface area contributed by atoms with Crippen molar-refractivity contribution in [2.45, 2.75) is 39.5 Å². The summed E-state index contributed by atoms with van der Waals surface area (Å²) in [6.07, 6.45) is 4.58. The minimum atomic E-state index is -0.442. The van der Waals surface area contributed by atoms with Gasteiger partial charge in [-0.05, 0) is 18.4 Å². The molecule has 112 valence electrons. The molecule has 1 rings (SSSR count). The predicted molar refractivity (Wildman–Crippen MR) is 78.4 cm³/mol. The topological polar surface area (TPSA) is 61.6 Å². The van der Waals surface area contributed by atoms with Crippen LogP contribution in [0.4, 0.5) is 5.69 Å². The number of hydrogen-bond donors (Lipinski definition) is 0. The van der Waals surface area contributed by atoms with Gasteiger partial charge < -0.3 is 9.47 Å². The van der Waals surface area contributed by atoms with Crippen LogP contribution in [-0.2, 0) is 0 Å². The van der Waals surface area contributed by atoms with E-state index in [1.54, 1.807) is 6.07 Å². The van der Waals surface area contributed by atoms with Crippen LogP contribution >= 0.6 is 0 Å². The predicted octanol–water partition coefficient (Wildman–Crippen LogP) is 4.20. The van der Waals surface area contributed by atoms with Gasteiger partial charge in [0.25, 0.3) is 5.69 Å². The van der Waals surface area contributed by atoms with Crippen molar-refractivity contribution >= 4 is 5.69 Å². The van der Waals surface area contributed by atoms with Crippen LogP contribution in [0, 0.1) is 16.0 Å². The van der Waals surface area contributed by atoms with Crippen LogP contribution in [0.1, 0.15) is 39.5 Å². The van der Waals surface area contributed by atoms with Crippen molar-refractivity contribution in [1.82, 2.24) is 0 Å². The van der Waals surface area contributed by atoms with Crippen molar-refractivity contribution in [3.8, 4) is 11.5 Å². The van der Waals surface area contributed by atoms with E-state index >= 15 is 0 Å². The molecule has 0 radical (unpaired) electrons. The maximum absolute atomic E-state index is 10.7. The molecule has 0 saturated carbocycles. The van der Waals surface area contributed by atoms with E-state index in [4.69, 9.17) is 9.47 Å². The summed E-state index contributed by atoms with van der Waals surface area (Å²) in [5.74, 6) is 1.48. The number of methoxy groups -OCH3 is 1. The number of nitro groups is 1. The van der Waals surface area contributed by atoms with Crippen LogP contribution in [0.15, 0.2) is 18.2 Å². The third-order valence-corrected chi connectivity index (χ3v) is 3.38. The van der Waals surface area contributed by atoms with Crippen LogP contribution < -0.4 is 9.47 Å². The zero-order valence-corrected chi connectivity index (χ0v) is 12.4. The van der Waals surface area contributed by atoms with Gasteiger partial charge in [-0.25, -0.2) is 0 Å². The van der Waals surface area contributed by atoms with E-state index in [1.807, 2.05) is 0 Å². The van der Waals surface area contributed by atoms with E-state index in [0.29, 0.717) is 24.0 Å². The number of unbranched alkanes of at least 4 members (excludes halogenated alkanes) is 1. The van der Waals surface area contributed by atoms with E-state index in [9.17, 15) is 10.1 Å². The quantitative estimate of drug-likeness (QED) is 0.502. The lowest BCUT2D eigenvalue weighted by Crippen LogP contribution is -2.11. The van der Waals surface area contributed by atoms with E-state index in [-0.39, 0.29) is 5.69 Å². The molecule has 0 N–H and O–H groups in total. The van der Waals surface area contributed by atoms with Crippen molar-refractivity contribution in [2.75, 3.05) is 13.7 Å². The molecule has 5 heteroatoms. The van der Waals surface area contributed by atoms with E-state index in [1.165, 1.54) is 32.1 Å². The average molecular weight is 281 g/mol. The Kier molecular flexibility index (Phi) is 6.84. The molecule has 1 atom stereocenters. The highest BCUT2D eigenvalue weighted by molar-refractivity contribution is 5.48. The van der Waals surface area contributed by atoms with Crippen molar-refractivity contribution in [1.29, 1.82) is 0 Å². The van der Waals surface area contributed by atoms with Gasteiger partial charge in [-0.1, -0.05) is 33.1 Å². The van der Waals surface area contributed by atoms with Gasteiger partial charge in [0.2, 0.25) is 0 Å². The Bertz CT molecular complexity index is 434. The summed E-state index contributed by atoms with van der Waals surface area (Å²) < 4.78 is 10.9. The third kappa shape index (κ3) is 4.72. The number of ether oxygens (including phenoxy) is 2. The van der Waals surface area contributed by atoms with Crippen LogP contribution in [-0.4, -0.2) is 18.6 Å². The second-order valence-corrected chi connectivity index (χ2v) is 4.82. The monoisotopic (exact) mass is 281 g/mol. The van der Waals surface area contributed by atoms with Crippen LogP contribution in [0.5, 0.6) is 11.5 Å². The molecule has 20 heavy (non-hydrogen) atoms. The van der Waals surface area contributed by atoms with Gasteiger partial charge in [0.1, 0.15) is 0 Å². The van der Waals surface area contributed by atoms with Gasteiger partial charge in [-0.2, -0.15) is 0 Å². The van der Waals surface area contributed by atoms with Gasteiger partial charge in [0, 0.05) is 6.07 Å². The molecule has 0 spiro atoms. The van der Waals surface area contributed by atoms with Crippen LogP contribution in [0.3, 0.4) is 0 Å². The summed E-state index contributed by atoms with van der Waals surface area (Å²) in [6.45, 7) is 4.94. The highest BCUT2D eigenvalue weighted by Gasteiger charge is 2.14. The van der Waals surface area contributed by atoms with Gasteiger partial charge in [0.15, 0.2) is 11.5 Å². The molecule has 0 aliphatic carbocycles. The molecule has 0 heterocycles. The van der Waals surface area contributed by atoms with Crippen molar-refractivity contribution < 1.29 is 14.4 Å². The normalized spacial score (nSPS) is 11.9. The Morgan fingerprint density at radius 1 is 1.30 bits per heavy atom. The highest BCUT2D eigenvalue weighted by atomic mass is 16.6. The van der Waals surface area contributed by atoms with Gasteiger partial charge >= 0.3 is 0 Å². The second kappa shape index (κ2) is 8.40. The molecule has 0 amide bonds. The average Bonchev–Trinajstić information content (AvgIpc) is 2.47. The first kappa shape index (κ1) is 16.3. The van der Waals surface area contributed by atoms with Gasteiger partial charge in [0.05, 0.1) is 24.7 Å². The molecule has 1 aromatic carbocycles. The molecule has 0 aromatic heterocycles. The lowest BCUT2D eigenvalue weighted by Gasteiger charge is -2.16. The second-order valence-electron chi connectivity index (χ2n) is 4.82. The first-order valence-corrected chi connectivity index (χ1v) is 7.07.